The van der Waals surface area contributed by atoms with Gasteiger partial charge in [0.25, 0.3) is 0 Å². The lowest BCUT2D eigenvalue weighted by Gasteiger charge is -2.19. The molecule has 4 nitrogen and oxygen atoms in total. The fraction of sp³-hybridized carbons (Fsp3) is 0.385. The molecule has 98 valence electrons. The maximum absolute atomic E-state index is 11.7. The van der Waals surface area contributed by atoms with Crippen LogP contribution < -0.4 is 0 Å². The molecule has 0 bridgehead atoms. The van der Waals surface area contributed by atoms with Crippen molar-refractivity contribution in [2.45, 2.75) is 25.2 Å². The van der Waals surface area contributed by atoms with Crippen molar-refractivity contribution in [2.75, 3.05) is 6.61 Å². The maximum atomic E-state index is 11.7. The average Bonchev–Trinajstić information content (AvgIpc) is 2.36. The van der Waals surface area contributed by atoms with Crippen LogP contribution in [0, 0.1) is 0 Å². The predicted molar refractivity (Wildman–Crippen MR) is 70.1 cm³/mol. The van der Waals surface area contributed by atoms with Crippen molar-refractivity contribution in [1.29, 1.82) is 0 Å². The van der Waals surface area contributed by atoms with Crippen molar-refractivity contribution in [3.63, 3.8) is 0 Å². The largest absolute Gasteiger partial charge is 0.465 e. The molecule has 0 spiro atoms. The van der Waals surface area contributed by atoms with Gasteiger partial charge in [-0.2, -0.15) is 0 Å². The van der Waals surface area contributed by atoms with Crippen LogP contribution in [0.1, 0.15) is 25.5 Å². The number of hydrogen-bond acceptors (Lipinski definition) is 5. The third kappa shape index (κ3) is 4.16. The van der Waals surface area contributed by atoms with Gasteiger partial charge in [-0.15, -0.1) is 0 Å². The first-order valence-electron chi connectivity index (χ1n) is 5.63. The van der Waals surface area contributed by atoms with E-state index in [4.69, 9.17) is 4.74 Å². The number of esters is 1. The van der Waals surface area contributed by atoms with Crippen LogP contribution in [0.25, 0.3) is 0 Å². The lowest BCUT2D eigenvalue weighted by atomic mass is 10.1. The summed E-state index contributed by atoms with van der Waals surface area (Å²) in [5, 5.41) is 8.99. The molecule has 0 heterocycles. The highest BCUT2D eigenvalue weighted by Crippen LogP contribution is 2.28. The van der Waals surface area contributed by atoms with E-state index < -0.39 is 17.3 Å². The Bertz CT molecular complexity index is 405. The van der Waals surface area contributed by atoms with Crippen LogP contribution in [-0.4, -0.2) is 28.0 Å². The molecule has 1 rings (SSSR count). The Morgan fingerprint density at radius 1 is 1.33 bits per heavy atom. The number of hydrogen-bond donors (Lipinski definition) is 1. The first-order chi connectivity index (χ1) is 8.56. The summed E-state index contributed by atoms with van der Waals surface area (Å²) in [6, 6.07) is 8.75. The van der Waals surface area contributed by atoms with E-state index in [0.29, 0.717) is 5.56 Å². The summed E-state index contributed by atoms with van der Waals surface area (Å²) in [4.78, 5) is 22.9. The Hall–Kier alpha value is -1.33. The molecule has 0 radical (unpaired) electrons. The monoisotopic (exact) mass is 268 g/mol. The third-order valence-corrected chi connectivity index (χ3v) is 3.28. The van der Waals surface area contributed by atoms with Crippen LogP contribution in [0.4, 0.5) is 0 Å². The second-order valence-electron chi connectivity index (χ2n) is 3.64. The van der Waals surface area contributed by atoms with Crippen LogP contribution >= 0.6 is 11.8 Å². The SMILES string of the molecule is CCOC(=O)C(SC(C)=O)C(O)c1ccccc1. The zero-order valence-corrected chi connectivity index (χ0v) is 11.1. The van der Waals surface area contributed by atoms with Gasteiger partial charge in [-0.05, 0) is 12.5 Å². The number of thioether (sulfide) groups is 1. The highest BCUT2D eigenvalue weighted by Gasteiger charge is 2.31. The van der Waals surface area contributed by atoms with E-state index in [0.717, 1.165) is 11.8 Å². The van der Waals surface area contributed by atoms with E-state index in [9.17, 15) is 14.7 Å². The highest BCUT2D eigenvalue weighted by atomic mass is 32.2. The third-order valence-electron chi connectivity index (χ3n) is 2.24. The minimum absolute atomic E-state index is 0.218. The molecule has 2 atom stereocenters. The van der Waals surface area contributed by atoms with Gasteiger partial charge in [0.15, 0.2) is 5.12 Å². The molecular formula is C13H16O4S. The lowest BCUT2D eigenvalue weighted by molar-refractivity contribution is -0.144. The Morgan fingerprint density at radius 2 is 1.94 bits per heavy atom. The summed E-state index contributed by atoms with van der Waals surface area (Å²) >= 11 is 0.787. The molecule has 0 saturated carbocycles. The number of ether oxygens (including phenoxy) is 1. The number of aliphatic hydroxyl groups is 1. The topological polar surface area (TPSA) is 63.6 Å². The van der Waals surface area contributed by atoms with E-state index in [1.54, 1.807) is 31.2 Å². The van der Waals surface area contributed by atoms with E-state index >= 15 is 0 Å². The van der Waals surface area contributed by atoms with Crippen molar-refractivity contribution >= 4 is 22.8 Å². The van der Waals surface area contributed by atoms with Crippen LogP contribution in [-0.2, 0) is 14.3 Å². The molecule has 1 aromatic carbocycles. The number of benzene rings is 1. The minimum atomic E-state index is -1.06. The van der Waals surface area contributed by atoms with Crippen LogP contribution in [0.15, 0.2) is 30.3 Å². The van der Waals surface area contributed by atoms with E-state index in [2.05, 4.69) is 0 Å². The smallest absolute Gasteiger partial charge is 0.322 e. The number of carbonyl (C=O) groups excluding carboxylic acids is 2. The lowest BCUT2D eigenvalue weighted by Crippen LogP contribution is -2.28. The fourth-order valence-corrected chi connectivity index (χ4v) is 2.28. The number of rotatable bonds is 5. The normalized spacial score (nSPS) is 13.7. The molecule has 0 aliphatic heterocycles. The van der Waals surface area contributed by atoms with Gasteiger partial charge in [0, 0.05) is 6.92 Å². The average molecular weight is 268 g/mol. The molecule has 0 aliphatic rings. The van der Waals surface area contributed by atoms with Crippen molar-refractivity contribution in [3.05, 3.63) is 35.9 Å². The molecule has 1 aromatic rings. The van der Waals surface area contributed by atoms with Gasteiger partial charge < -0.3 is 9.84 Å². The molecule has 18 heavy (non-hydrogen) atoms. The first-order valence-corrected chi connectivity index (χ1v) is 6.51. The fourth-order valence-electron chi connectivity index (χ4n) is 1.47. The molecule has 1 N–H and O–H groups in total. The summed E-state index contributed by atoms with van der Waals surface area (Å²) in [5.74, 6) is -0.575. The molecule has 5 heteroatoms. The van der Waals surface area contributed by atoms with E-state index in [1.807, 2.05) is 6.07 Å². The Morgan fingerprint density at radius 3 is 2.44 bits per heavy atom. The molecule has 0 saturated heterocycles. The van der Waals surface area contributed by atoms with Gasteiger partial charge >= 0.3 is 5.97 Å². The standard InChI is InChI=1S/C13H16O4S/c1-3-17-13(16)12(18-9(2)14)11(15)10-7-5-4-6-8-10/h4-8,11-12,15H,3H2,1-2H3. The van der Waals surface area contributed by atoms with Crippen molar-refractivity contribution < 1.29 is 19.4 Å². The van der Waals surface area contributed by atoms with Crippen LogP contribution in [0.2, 0.25) is 0 Å². The maximum Gasteiger partial charge on any atom is 0.322 e. The molecule has 0 aliphatic carbocycles. The minimum Gasteiger partial charge on any atom is -0.465 e. The molecular weight excluding hydrogens is 252 g/mol. The summed E-state index contributed by atoms with van der Waals surface area (Å²) in [6.45, 7) is 3.26. The van der Waals surface area contributed by atoms with Gasteiger partial charge in [0.1, 0.15) is 11.4 Å². The second-order valence-corrected chi connectivity index (χ2v) is 4.96. The first kappa shape index (κ1) is 14.7. The van der Waals surface area contributed by atoms with Gasteiger partial charge in [0.2, 0.25) is 0 Å². The quantitative estimate of drug-likeness (QED) is 0.827. The summed E-state index contributed by atoms with van der Waals surface area (Å²) in [5.41, 5.74) is 0.587. The van der Waals surface area contributed by atoms with Gasteiger partial charge in [-0.1, -0.05) is 42.1 Å². The highest BCUT2D eigenvalue weighted by molar-refractivity contribution is 8.14. The van der Waals surface area contributed by atoms with Crippen molar-refractivity contribution in [2.24, 2.45) is 0 Å². The zero-order chi connectivity index (χ0) is 13.5. The number of aliphatic hydroxyl groups excluding tert-OH is 1. The summed E-state index contributed by atoms with van der Waals surface area (Å²) in [6.07, 6.45) is -1.06. The van der Waals surface area contributed by atoms with Gasteiger partial charge in [-0.25, -0.2) is 0 Å². The molecule has 0 fully saturated rings. The summed E-state index contributed by atoms with van der Waals surface area (Å²) in [7, 11) is 0. The molecule has 0 aromatic heterocycles. The molecule has 0 amide bonds. The molecule has 2 unspecified atom stereocenters. The van der Waals surface area contributed by atoms with Gasteiger partial charge in [0.05, 0.1) is 6.61 Å². The Balaban J connectivity index is 2.88. The predicted octanol–water partition coefficient (Wildman–Crippen LogP) is 1.93. The van der Waals surface area contributed by atoms with Gasteiger partial charge in [-0.3, -0.25) is 9.59 Å². The Labute approximate surface area is 110 Å². The zero-order valence-electron chi connectivity index (χ0n) is 10.3. The van der Waals surface area contributed by atoms with Crippen molar-refractivity contribution in [1.82, 2.24) is 0 Å². The van der Waals surface area contributed by atoms with Crippen molar-refractivity contribution in [3.8, 4) is 0 Å². The van der Waals surface area contributed by atoms with E-state index in [1.165, 1.54) is 6.92 Å². The van der Waals surface area contributed by atoms with Crippen LogP contribution in [0.5, 0.6) is 0 Å². The van der Waals surface area contributed by atoms with Crippen LogP contribution in [0.3, 0.4) is 0 Å². The second kappa shape index (κ2) is 7.18. The van der Waals surface area contributed by atoms with E-state index in [-0.39, 0.29) is 11.7 Å². The number of carbonyl (C=O) groups is 2. The summed E-state index contributed by atoms with van der Waals surface area (Å²) < 4.78 is 4.88. The Kier molecular flexibility index (Phi) is 5.88.